The lowest BCUT2D eigenvalue weighted by Gasteiger charge is -2.13. The second kappa shape index (κ2) is 9.50. The number of thioether (sulfide) groups is 1. The molecule has 0 radical (unpaired) electrons. The van der Waals surface area contributed by atoms with E-state index in [9.17, 15) is 18.8 Å². The Balaban J connectivity index is 1.84. The third-order valence-electron chi connectivity index (χ3n) is 4.08. The van der Waals surface area contributed by atoms with Crippen LogP contribution >= 0.6 is 11.8 Å². The quantitative estimate of drug-likeness (QED) is 0.546. The molecule has 2 aromatic rings. The zero-order valence-corrected chi connectivity index (χ0v) is 17.1. The number of carbonyl (C=O) groups is 3. The third-order valence-corrected chi connectivity index (χ3v) is 5.13. The molecule has 0 fully saturated rings. The van der Waals surface area contributed by atoms with E-state index in [4.69, 9.17) is 0 Å². The Hall–Kier alpha value is -2.67. The Morgan fingerprint density at radius 3 is 2.21 bits per heavy atom. The van der Waals surface area contributed by atoms with Crippen molar-refractivity contribution < 1.29 is 18.8 Å². The lowest BCUT2D eigenvalue weighted by atomic mass is 10.1. The van der Waals surface area contributed by atoms with Crippen LogP contribution in [0, 0.1) is 26.6 Å². The van der Waals surface area contributed by atoms with Crippen molar-refractivity contribution in [2.45, 2.75) is 32.6 Å². The highest BCUT2D eigenvalue weighted by Crippen LogP contribution is 2.23. The van der Waals surface area contributed by atoms with Crippen molar-refractivity contribution >= 4 is 35.0 Å². The van der Waals surface area contributed by atoms with Gasteiger partial charge in [-0.15, -0.1) is 11.8 Å². The molecule has 2 aromatic carbocycles. The van der Waals surface area contributed by atoms with Crippen LogP contribution in [0.15, 0.2) is 35.2 Å². The molecule has 148 valence electrons. The van der Waals surface area contributed by atoms with Gasteiger partial charge in [0.1, 0.15) is 5.82 Å². The van der Waals surface area contributed by atoms with Gasteiger partial charge in [0.15, 0.2) is 5.78 Å². The van der Waals surface area contributed by atoms with Crippen molar-refractivity contribution in [3.63, 3.8) is 0 Å². The van der Waals surface area contributed by atoms with E-state index >= 15 is 0 Å². The van der Waals surface area contributed by atoms with Gasteiger partial charge in [0.2, 0.25) is 11.8 Å². The Morgan fingerprint density at radius 2 is 1.64 bits per heavy atom. The summed E-state index contributed by atoms with van der Waals surface area (Å²) in [6.07, 6.45) is 0. The molecule has 0 aliphatic carbocycles. The second-order valence-electron chi connectivity index (χ2n) is 6.59. The molecule has 0 saturated heterocycles. The van der Waals surface area contributed by atoms with Gasteiger partial charge in [-0.05, 0) is 51.0 Å². The Kier molecular flexibility index (Phi) is 7.34. The number of Topliss-reactive ketones (excluding diaryl/α,β-unsaturated/α-hetero) is 1. The summed E-state index contributed by atoms with van der Waals surface area (Å²) in [6.45, 7) is 7.01. The molecular formula is C21H23FN2O3S. The molecule has 0 aromatic heterocycles. The third kappa shape index (κ3) is 5.92. The van der Waals surface area contributed by atoms with E-state index in [-0.39, 0.29) is 40.4 Å². The summed E-state index contributed by atoms with van der Waals surface area (Å²) in [6, 6.07) is 8.10. The van der Waals surface area contributed by atoms with Crippen LogP contribution in [0.4, 0.5) is 10.1 Å². The van der Waals surface area contributed by atoms with Gasteiger partial charge in [0.25, 0.3) is 0 Å². The molecule has 2 amide bonds. The average molecular weight is 402 g/mol. The van der Waals surface area contributed by atoms with E-state index in [1.54, 1.807) is 0 Å². The average Bonchev–Trinajstić information content (AvgIpc) is 2.61. The molecule has 0 aliphatic rings. The topological polar surface area (TPSA) is 75.3 Å². The Labute approximate surface area is 168 Å². The van der Waals surface area contributed by atoms with Crippen molar-refractivity contribution in [3.8, 4) is 0 Å². The van der Waals surface area contributed by atoms with Gasteiger partial charge in [-0.25, -0.2) is 4.39 Å². The van der Waals surface area contributed by atoms with Crippen LogP contribution in [-0.2, 0) is 9.59 Å². The van der Waals surface area contributed by atoms with Crippen LogP contribution in [0.1, 0.15) is 34.0 Å². The fourth-order valence-electron chi connectivity index (χ4n) is 2.77. The minimum Gasteiger partial charge on any atom is -0.346 e. The number of carbonyl (C=O) groups excluding carboxylic acids is 3. The largest absolute Gasteiger partial charge is 0.346 e. The number of benzene rings is 2. The molecule has 0 aliphatic heterocycles. The second-order valence-corrected chi connectivity index (χ2v) is 7.61. The van der Waals surface area contributed by atoms with Gasteiger partial charge in [-0.1, -0.05) is 23.8 Å². The number of rotatable bonds is 7. The Morgan fingerprint density at radius 1 is 1.00 bits per heavy atom. The molecule has 0 saturated carbocycles. The van der Waals surface area contributed by atoms with Crippen molar-refractivity contribution in [2.75, 3.05) is 17.6 Å². The number of anilines is 1. The van der Waals surface area contributed by atoms with Crippen molar-refractivity contribution in [2.24, 2.45) is 0 Å². The maximum atomic E-state index is 14.0. The fraction of sp³-hybridized carbons (Fsp3) is 0.286. The number of aryl methyl sites for hydroxylation is 3. The van der Waals surface area contributed by atoms with Gasteiger partial charge < -0.3 is 10.6 Å². The van der Waals surface area contributed by atoms with E-state index in [2.05, 4.69) is 10.6 Å². The molecule has 0 heterocycles. The molecule has 7 heteroatoms. The van der Waals surface area contributed by atoms with E-state index in [1.807, 2.05) is 32.9 Å². The summed E-state index contributed by atoms with van der Waals surface area (Å²) >= 11 is 1.01. The minimum absolute atomic E-state index is 0.0355. The number of hydrogen-bond acceptors (Lipinski definition) is 4. The lowest BCUT2D eigenvalue weighted by Crippen LogP contribution is -2.34. The molecular weight excluding hydrogens is 379 g/mol. The molecule has 2 rings (SSSR count). The summed E-state index contributed by atoms with van der Waals surface area (Å²) in [5.41, 5.74) is 4.05. The number of halogens is 1. The van der Waals surface area contributed by atoms with Crippen LogP contribution in [0.3, 0.4) is 0 Å². The highest BCUT2D eigenvalue weighted by molar-refractivity contribution is 8.00. The zero-order valence-electron chi connectivity index (χ0n) is 16.3. The highest BCUT2D eigenvalue weighted by Gasteiger charge is 2.12. The smallest absolute Gasteiger partial charge is 0.243 e. The molecule has 2 N–H and O–H groups in total. The van der Waals surface area contributed by atoms with Crippen molar-refractivity contribution in [1.82, 2.24) is 5.32 Å². The standard InChI is InChI=1S/C21H23FN2O3S/c1-12-7-13(2)21(14(3)8-12)24-19(26)10-23-20(27)11-28-18-6-5-16(15(4)25)9-17(18)22/h5-9H,10-11H2,1-4H3,(H,23,27)(H,24,26). The first-order valence-electron chi connectivity index (χ1n) is 8.75. The monoisotopic (exact) mass is 402 g/mol. The summed E-state index contributed by atoms with van der Waals surface area (Å²) < 4.78 is 14.0. The molecule has 0 unspecified atom stereocenters. The summed E-state index contributed by atoms with van der Waals surface area (Å²) in [7, 11) is 0. The summed E-state index contributed by atoms with van der Waals surface area (Å²) in [4.78, 5) is 35.6. The lowest BCUT2D eigenvalue weighted by molar-refractivity contribution is -0.122. The maximum absolute atomic E-state index is 14.0. The van der Waals surface area contributed by atoms with Crippen LogP contribution in [0.5, 0.6) is 0 Å². The number of amides is 2. The first-order chi connectivity index (χ1) is 13.2. The molecule has 5 nitrogen and oxygen atoms in total. The first kappa shape index (κ1) is 21.6. The van der Waals surface area contributed by atoms with Crippen LogP contribution < -0.4 is 10.6 Å². The van der Waals surface area contributed by atoms with Crippen LogP contribution in [-0.4, -0.2) is 29.9 Å². The number of nitrogens with one attached hydrogen (secondary N) is 2. The normalized spacial score (nSPS) is 10.5. The van der Waals surface area contributed by atoms with Gasteiger partial charge in [-0.2, -0.15) is 0 Å². The SMILES string of the molecule is CC(=O)c1ccc(SCC(=O)NCC(=O)Nc2c(C)cc(C)cc2C)c(F)c1. The summed E-state index contributed by atoms with van der Waals surface area (Å²) in [5.74, 6) is -1.52. The number of ketones is 1. The zero-order chi connectivity index (χ0) is 20.8. The highest BCUT2D eigenvalue weighted by atomic mass is 32.2. The Bertz CT molecular complexity index is 905. The van der Waals surface area contributed by atoms with E-state index in [1.165, 1.54) is 19.1 Å². The number of hydrogen-bond donors (Lipinski definition) is 2. The van der Waals surface area contributed by atoms with Crippen molar-refractivity contribution in [1.29, 1.82) is 0 Å². The minimum atomic E-state index is -0.548. The van der Waals surface area contributed by atoms with Crippen LogP contribution in [0.2, 0.25) is 0 Å². The van der Waals surface area contributed by atoms with Crippen LogP contribution in [0.25, 0.3) is 0 Å². The molecule has 28 heavy (non-hydrogen) atoms. The predicted molar refractivity (Wildman–Crippen MR) is 109 cm³/mol. The van der Waals surface area contributed by atoms with Gasteiger partial charge in [0.05, 0.1) is 12.3 Å². The fourth-order valence-corrected chi connectivity index (χ4v) is 3.52. The summed E-state index contributed by atoms with van der Waals surface area (Å²) in [5, 5.41) is 5.33. The van der Waals surface area contributed by atoms with E-state index < -0.39 is 5.82 Å². The van der Waals surface area contributed by atoms with Crippen molar-refractivity contribution in [3.05, 3.63) is 58.4 Å². The molecule has 0 bridgehead atoms. The predicted octanol–water partition coefficient (Wildman–Crippen LogP) is 3.80. The maximum Gasteiger partial charge on any atom is 0.243 e. The van der Waals surface area contributed by atoms with E-state index in [0.29, 0.717) is 0 Å². The first-order valence-corrected chi connectivity index (χ1v) is 9.73. The van der Waals surface area contributed by atoms with Gasteiger partial charge >= 0.3 is 0 Å². The van der Waals surface area contributed by atoms with Gasteiger partial charge in [0, 0.05) is 16.1 Å². The van der Waals surface area contributed by atoms with E-state index in [0.717, 1.165) is 40.2 Å². The molecule has 0 spiro atoms. The molecule has 0 atom stereocenters. The van der Waals surface area contributed by atoms with Gasteiger partial charge in [-0.3, -0.25) is 14.4 Å².